The molecule has 0 saturated carbocycles. The van der Waals surface area contributed by atoms with E-state index in [1.54, 1.807) is 24.3 Å². The van der Waals surface area contributed by atoms with Crippen LogP contribution < -0.4 is 19.5 Å². The van der Waals surface area contributed by atoms with Crippen LogP contribution in [0, 0.1) is 0 Å². The summed E-state index contributed by atoms with van der Waals surface area (Å²) in [6, 6.07) is 9.45. The molecule has 0 bridgehead atoms. The highest BCUT2D eigenvalue weighted by atomic mass is 35.5. The lowest BCUT2D eigenvalue weighted by Gasteiger charge is -2.09. The molecule has 1 aliphatic heterocycles. The van der Waals surface area contributed by atoms with Gasteiger partial charge in [0, 0.05) is 16.8 Å². The number of urea groups is 1. The van der Waals surface area contributed by atoms with Crippen molar-refractivity contribution in [3.8, 4) is 11.5 Å². The van der Waals surface area contributed by atoms with E-state index in [1.165, 1.54) is 18.2 Å². The maximum atomic E-state index is 12.2. The summed E-state index contributed by atoms with van der Waals surface area (Å²) in [6.45, 7) is 0.0311. The van der Waals surface area contributed by atoms with Crippen LogP contribution in [-0.4, -0.2) is 21.2 Å². The van der Waals surface area contributed by atoms with Gasteiger partial charge in [0.25, 0.3) is 10.0 Å². The fourth-order valence-electron chi connectivity index (χ4n) is 1.91. The van der Waals surface area contributed by atoms with E-state index in [0.29, 0.717) is 22.2 Å². The van der Waals surface area contributed by atoms with Gasteiger partial charge in [0.15, 0.2) is 11.5 Å². The topological polar surface area (TPSA) is 93.7 Å². The van der Waals surface area contributed by atoms with Crippen LogP contribution >= 0.6 is 11.6 Å². The summed E-state index contributed by atoms with van der Waals surface area (Å²) in [5.41, 5.74) is 0.410. The SMILES string of the molecule is O=C(Nc1ccc(Cl)cc1)NS(=O)(=O)c1ccc2c(c1)OCO2. The van der Waals surface area contributed by atoms with E-state index >= 15 is 0 Å². The van der Waals surface area contributed by atoms with Crippen LogP contribution in [0.4, 0.5) is 10.5 Å². The zero-order chi connectivity index (χ0) is 16.4. The Labute approximate surface area is 137 Å². The van der Waals surface area contributed by atoms with Crippen molar-refractivity contribution in [2.45, 2.75) is 4.90 Å². The van der Waals surface area contributed by atoms with Gasteiger partial charge in [-0.25, -0.2) is 17.9 Å². The number of hydrogen-bond donors (Lipinski definition) is 2. The molecule has 3 rings (SSSR count). The lowest BCUT2D eigenvalue weighted by atomic mass is 10.3. The lowest BCUT2D eigenvalue weighted by Crippen LogP contribution is -2.34. The number of rotatable bonds is 3. The van der Waals surface area contributed by atoms with Crippen LogP contribution in [0.2, 0.25) is 5.02 Å². The summed E-state index contributed by atoms with van der Waals surface area (Å²) < 4.78 is 36.5. The van der Waals surface area contributed by atoms with E-state index in [-0.39, 0.29) is 11.7 Å². The predicted octanol–water partition coefficient (Wildman–Crippen LogP) is 2.58. The first-order chi connectivity index (χ1) is 10.9. The Morgan fingerprint density at radius 1 is 1.04 bits per heavy atom. The van der Waals surface area contributed by atoms with Crippen LogP contribution in [0.25, 0.3) is 0 Å². The van der Waals surface area contributed by atoms with Gasteiger partial charge in [-0.15, -0.1) is 0 Å². The smallest absolute Gasteiger partial charge is 0.333 e. The number of sulfonamides is 1. The van der Waals surface area contributed by atoms with Crippen molar-refractivity contribution in [1.29, 1.82) is 0 Å². The Balaban J connectivity index is 1.73. The van der Waals surface area contributed by atoms with Crippen LogP contribution in [0.15, 0.2) is 47.4 Å². The molecule has 0 radical (unpaired) electrons. The highest BCUT2D eigenvalue weighted by molar-refractivity contribution is 7.90. The molecule has 9 heteroatoms. The molecule has 120 valence electrons. The number of carbonyl (C=O) groups is 1. The number of nitrogens with one attached hydrogen (secondary N) is 2. The predicted molar refractivity (Wildman–Crippen MR) is 83.4 cm³/mol. The molecule has 2 aromatic rings. The van der Waals surface area contributed by atoms with E-state index in [1.807, 2.05) is 4.72 Å². The highest BCUT2D eigenvalue weighted by Crippen LogP contribution is 2.33. The fraction of sp³-hybridized carbons (Fsp3) is 0.0714. The van der Waals surface area contributed by atoms with Gasteiger partial charge < -0.3 is 14.8 Å². The Kier molecular flexibility index (Phi) is 4.01. The lowest BCUT2D eigenvalue weighted by molar-refractivity contribution is 0.174. The summed E-state index contributed by atoms with van der Waals surface area (Å²) in [4.78, 5) is 11.7. The first kappa shape index (κ1) is 15.4. The number of hydrogen-bond acceptors (Lipinski definition) is 5. The normalized spacial score (nSPS) is 12.7. The minimum Gasteiger partial charge on any atom is -0.454 e. The Bertz CT molecular complexity index is 852. The minimum atomic E-state index is -4.03. The zero-order valence-corrected chi connectivity index (χ0v) is 13.1. The van der Waals surface area contributed by atoms with E-state index in [2.05, 4.69) is 5.32 Å². The molecule has 1 heterocycles. The molecule has 7 nitrogen and oxygen atoms in total. The monoisotopic (exact) mass is 354 g/mol. The summed E-state index contributed by atoms with van der Waals surface area (Å²) in [5.74, 6) is 0.764. The molecular weight excluding hydrogens is 344 g/mol. The van der Waals surface area contributed by atoms with Crippen molar-refractivity contribution in [3.05, 3.63) is 47.5 Å². The number of fused-ring (bicyclic) bond motifs is 1. The van der Waals surface area contributed by atoms with Gasteiger partial charge in [0.05, 0.1) is 4.90 Å². The van der Waals surface area contributed by atoms with Gasteiger partial charge in [0.2, 0.25) is 6.79 Å². The van der Waals surface area contributed by atoms with Gasteiger partial charge in [-0.05, 0) is 36.4 Å². The molecule has 0 spiro atoms. The van der Waals surface area contributed by atoms with Gasteiger partial charge >= 0.3 is 6.03 Å². The molecule has 2 N–H and O–H groups in total. The van der Waals surface area contributed by atoms with Crippen LogP contribution in [0.1, 0.15) is 0 Å². The highest BCUT2D eigenvalue weighted by Gasteiger charge is 2.22. The molecule has 0 aliphatic carbocycles. The summed E-state index contributed by atoms with van der Waals surface area (Å²) in [5, 5.41) is 2.91. The van der Waals surface area contributed by atoms with Crippen LogP contribution in [-0.2, 0) is 10.0 Å². The number of ether oxygens (including phenoxy) is 2. The largest absolute Gasteiger partial charge is 0.454 e. The molecule has 0 atom stereocenters. The maximum absolute atomic E-state index is 12.2. The third-order valence-electron chi connectivity index (χ3n) is 2.98. The second-order valence-corrected chi connectivity index (χ2v) is 6.70. The quantitative estimate of drug-likeness (QED) is 0.883. The number of benzene rings is 2. The van der Waals surface area contributed by atoms with E-state index in [4.69, 9.17) is 21.1 Å². The van der Waals surface area contributed by atoms with Crippen LogP contribution in [0.5, 0.6) is 11.5 Å². The number of carbonyl (C=O) groups excluding carboxylic acids is 1. The molecule has 0 fully saturated rings. The molecule has 0 saturated heterocycles. The zero-order valence-electron chi connectivity index (χ0n) is 11.6. The third-order valence-corrected chi connectivity index (χ3v) is 4.56. The Hall–Kier alpha value is -2.45. The van der Waals surface area contributed by atoms with E-state index < -0.39 is 16.1 Å². The molecule has 2 amide bonds. The van der Waals surface area contributed by atoms with E-state index in [9.17, 15) is 13.2 Å². The standard InChI is InChI=1S/C14H11ClN2O5S/c15-9-1-3-10(4-2-9)16-14(18)17-23(19,20)11-5-6-12-13(7-11)22-8-21-12/h1-7H,8H2,(H2,16,17,18). The van der Waals surface area contributed by atoms with Crippen molar-refractivity contribution in [3.63, 3.8) is 0 Å². The minimum absolute atomic E-state index is 0.0311. The number of halogens is 1. The maximum Gasteiger partial charge on any atom is 0.333 e. The Morgan fingerprint density at radius 3 is 2.48 bits per heavy atom. The average Bonchev–Trinajstić information content (AvgIpc) is 2.96. The summed E-state index contributed by atoms with van der Waals surface area (Å²) >= 11 is 5.73. The number of anilines is 1. The fourth-order valence-corrected chi connectivity index (χ4v) is 2.96. The molecule has 0 unspecified atom stereocenters. The third kappa shape index (κ3) is 3.49. The summed E-state index contributed by atoms with van der Waals surface area (Å²) in [7, 11) is -4.03. The molecule has 1 aliphatic rings. The van der Waals surface area contributed by atoms with Crippen molar-refractivity contribution in [2.24, 2.45) is 0 Å². The van der Waals surface area contributed by atoms with Gasteiger partial charge in [-0.3, -0.25) is 0 Å². The van der Waals surface area contributed by atoms with Gasteiger partial charge in [0.1, 0.15) is 0 Å². The molecule has 2 aromatic carbocycles. The molecular formula is C14H11ClN2O5S. The van der Waals surface area contributed by atoms with Crippen molar-refractivity contribution in [2.75, 3.05) is 12.1 Å². The van der Waals surface area contributed by atoms with Crippen molar-refractivity contribution >= 4 is 33.3 Å². The second kappa shape index (κ2) is 5.98. The van der Waals surface area contributed by atoms with Crippen molar-refractivity contribution < 1.29 is 22.7 Å². The number of amides is 2. The first-order valence-corrected chi connectivity index (χ1v) is 8.29. The van der Waals surface area contributed by atoms with E-state index in [0.717, 1.165) is 0 Å². The molecule has 23 heavy (non-hydrogen) atoms. The Morgan fingerprint density at radius 2 is 1.74 bits per heavy atom. The average molecular weight is 355 g/mol. The summed E-state index contributed by atoms with van der Waals surface area (Å²) in [6.07, 6.45) is 0. The van der Waals surface area contributed by atoms with Gasteiger partial charge in [-0.1, -0.05) is 11.6 Å². The van der Waals surface area contributed by atoms with Crippen LogP contribution in [0.3, 0.4) is 0 Å². The first-order valence-electron chi connectivity index (χ1n) is 6.43. The van der Waals surface area contributed by atoms with Gasteiger partial charge in [-0.2, -0.15) is 0 Å². The second-order valence-electron chi connectivity index (χ2n) is 4.58. The van der Waals surface area contributed by atoms with Crippen molar-refractivity contribution in [1.82, 2.24) is 4.72 Å². The molecule has 0 aromatic heterocycles.